The largest absolute Gasteiger partial charge is 0.370 e. The van der Waals surface area contributed by atoms with Crippen LogP contribution in [0, 0.1) is 0 Å². The standard InChI is InChI=1S/C11H16ClN3.HI/c1-11(2,7-15-10(13)14)8-3-5-9(12)6-4-8;/h3-6H,7H2,1-2H3,(H4,13,14,15);1H. The molecule has 0 aliphatic heterocycles. The van der Waals surface area contributed by atoms with E-state index in [1.54, 1.807) is 0 Å². The molecule has 1 aromatic rings. The number of hydrogen-bond acceptors (Lipinski definition) is 1. The normalized spacial score (nSPS) is 10.4. The average molecular weight is 354 g/mol. The van der Waals surface area contributed by atoms with Gasteiger partial charge in [-0.15, -0.1) is 24.0 Å². The maximum absolute atomic E-state index is 5.82. The van der Waals surface area contributed by atoms with Crippen molar-refractivity contribution in [3.8, 4) is 0 Å². The molecule has 1 aromatic carbocycles. The third-order valence-corrected chi connectivity index (χ3v) is 2.53. The molecule has 3 nitrogen and oxygen atoms in total. The van der Waals surface area contributed by atoms with Crippen molar-refractivity contribution < 1.29 is 0 Å². The fourth-order valence-electron chi connectivity index (χ4n) is 1.28. The molecule has 5 heteroatoms. The highest BCUT2D eigenvalue weighted by molar-refractivity contribution is 14.0. The molecule has 0 atom stereocenters. The van der Waals surface area contributed by atoms with Gasteiger partial charge in [-0.1, -0.05) is 37.6 Å². The Morgan fingerprint density at radius 3 is 2.19 bits per heavy atom. The lowest BCUT2D eigenvalue weighted by Gasteiger charge is -2.23. The minimum atomic E-state index is -0.0887. The van der Waals surface area contributed by atoms with Crippen molar-refractivity contribution in [1.29, 1.82) is 0 Å². The van der Waals surface area contributed by atoms with Gasteiger partial charge in [-0.05, 0) is 17.7 Å². The Hall–Kier alpha value is -0.490. The van der Waals surface area contributed by atoms with Crippen LogP contribution in [0.15, 0.2) is 29.3 Å². The fraction of sp³-hybridized carbons (Fsp3) is 0.364. The van der Waals surface area contributed by atoms with Gasteiger partial charge in [0, 0.05) is 10.4 Å². The van der Waals surface area contributed by atoms with Crippen LogP contribution in [0.4, 0.5) is 0 Å². The monoisotopic (exact) mass is 353 g/mol. The summed E-state index contributed by atoms with van der Waals surface area (Å²) in [5, 5.41) is 0.733. The highest BCUT2D eigenvalue weighted by Crippen LogP contribution is 2.24. The zero-order chi connectivity index (χ0) is 11.5. The van der Waals surface area contributed by atoms with E-state index in [2.05, 4.69) is 18.8 Å². The SMILES string of the molecule is CC(C)(CN=C(N)N)c1ccc(Cl)cc1.I. The summed E-state index contributed by atoms with van der Waals surface area (Å²) >= 11 is 5.82. The molecular formula is C11H17ClIN3. The van der Waals surface area contributed by atoms with Crippen LogP contribution < -0.4 is 11.5 Å². The summed E-state index contributed by atoms with van der Waals surface area (Å²) in [6, 6.07) is 7.72. The van der Waals surface area contributed by atoms with Crippen molar-refractivity contribution in [3.63, 3.8) is 0 Å². The molecule has 0 heterocycles. The lowest BCUT2D eigenvalue weighted by atomic mass is 9.85. The smallest absolute Gasteiger partial charge is 0.185 e. The van der Waals surface area contributed by atoms with E-state index >= 15 is 0 Å². The molecule has 0 radical (unpaired) electrons. The molecule has 0 amide bonds. The number of hydrogen-bond donors (Lipinski definition) is 2. The van der Waals surface area contributed by atoms with Crippen LogP contribution in [0.5, 0.6) is 0 Å². The molecule has 0 unspecified atom stereocenters. The van der Waals surface area contributed by atoms with Gasteiger partial charge in [0.2, 0.25) is 0 Å². The quantitative estimate of drug-likeness (QED) is 0.498. The maximum Gasteiger partial charge on any atom is 0.185 e. The number of nitrogens with two attached hydrogens (primary N) is 2. The number of benzene rings is 1. The van der Waals surface area contributed by atoms with Gasteiger partial charge in [0.05, 0.1) is 6.54 Å². The van der Waals surface area contributed by atoms with Crippen molar-refractivity contribution in [2.45, 2.75) is 19.3 Å². The molecule has 0 spiro atoms. The Morgan fingerprint density at radius 2 is 1.75 bits per heavy atom. The van der Waals surface area contributed by atoms with E-state index in [1.165, 1.54) is 0 Å². The topological polar surface area (TPSA) is 64.4 Å². The highest BCUT2D eigenvalue weighted by atomic mass is 127. The predicted octanol–water partition coefficient (Wildman–Crippen LogP) is 2.51. The molecule has 90 valence electrons. The summed E-state index contributed by atoms with van der Waals surface area (Å²) in [6.45, 7) is 4.74. The first kappa shape index (κ1) is 15.5. The highest BCUT2D eigenvalue weighted by Gasteiger charge is 2.19. The molecular weight excluding hydrogens is 336 g/mol. The van der Waals surface area contributed by atoms with Gasteiger partial charge in [0.15, 0.2) is 5.96 Å². The van der Waals surface area contributed by atoms with Crippen molar-refractivity contribution in [1.82, 2.24) is 0 Å². The zero-order valence-electron chi connectivity index (χ0n) is 9.40. The Kier molecular flexibility index (Phi) is 6.10. The average Bonchev–Trinajstić information content (AvgIpc) is 2.16. The van der Waals surface area contributed by atoms with Crippen LogP contribution in [-0.4, -0.2) is 12.5 Å². The first-order chi connectivity index (χ1) is 6.92. The summed E-state index contributed by atoms with van der Waals surface area (Å²) in [4.78, 5) is 4.03. The molecule has 4 N–H and O–H groups in total. The minimum Gasteiger partial charge on any atom is -0.370 e. The summed E-state index contributed by atoms with van der Waals surface area (Å²) in [5.41, 5.74) is 11.7. The van der Waals surface area contributed by atoms with Crippen molar-refractivity contribution >= 4 is 41.5 Å². The molecule has 1 rings (SSSR count). The molecule has 0 aromatic heterocycles. The molecule has 0 saturated heterocycles. The van der Waals surface area contributed by atoms with Gasteiger partial charge < -0.3 is 11.5 Å². The Labute approximate surface area is 118 Å². The summed E-state index contributed by atoms with van der Waals surface area (Å²) in [7, 11) is 0. The zero-order valence-corrected chi connectivity index (χ0v) is 12.5. The van der Waals surface area contributed by atoms with Crippen LogP contribution in [0.1, 0.15) is 19.4 Å². The third kappa shape index (κ3) is 4.57. The number of nitrogens with zero attached hydrogens (tertiary/aromatic N) is 1. The van der Waals surface area contributed by atoms with Gasteiger partial charge in [0.25, 0.3) is 0 Å². The minimum absolute atomic E-state index is 0. The van der Waals surface area contributed by atoms with Gasteiger partial charge in [0.1, 0.15) is 0 Å². The molecule has 0 saturated carbocycles. The Morgan fingerprint density at radius 1 is 1.25 bits per heavy atom. The summed E-state index contributed by atoms with van der Waals surface area (Å²) in [5.74, 6) is 0.122. The van der Waals surface area contributed by atoms with Crippen molar-refractivity contribution in [2.75, 3.05) is 6.54 Å². The third-order valence-electron chi connectivity index (χ3n) is 2.28. The van der Waals surface area contributed by atoms with E-state index in [-0.39, 0.29) is 35.4 Å². The molecule has 16 heavy (non-hydrogen) atoms. The first-order valence-electron chi connectivity index (χ1n) is 4.73. The van der Waals surface area contributed by atoms with E-state index in [1.807, 2.05) is 24.3 Å². The molecule has 0 bridgehead atoms. The van der Waals surface area contributed by atoms with E-state index in [9.17, 15) is 0 Å². The molecule has 0 aliphatic carbocycles. The summed E-state index contributed by atoms with van der Waals surface area (Å²) in [6.07, 6.45) is 0. The number of halogens is 2. The van der Waals surface area contributed by atoms with E-state index in [0.717, 1.165) is 10.6 Å². The number of guanidine groups is 1. The van der Waals surface area contributed by atoms with Gasteiger partial charge in [-0.25, -0.2) is 0 Å². The molecule has 0 aliphatic rings. The Bertz CT molecular complexity index is 356. The van der Waals surface area contributed by atoms with Crippen LogP contribution >= 0.6 is 35.6 Å². The second kappa shape index (κ2) is 6.30. The van der Waals surface area contributed by atoms with Gasteiger partial charge >= 0.3 is 0 Å². The van der Waals surface area contributed by atoms with E-state index in [0.29, 0.717) is 6.54 Å². The predicted molar refractivity (Wildman–Crippen MR) is 80.6 cm³/mol. The van der Waals surface area contributed by atoms with E-state index < -0.39 is 0 Å². The lowest BCUT2D eigenvalue weighted by molar-refractivity contribution is 0.540. The Balaban J connectivity index is 0.00000225. The van der Waals surface area contributed by atoms with E-state index in [4.69, 9.17) is 23.1 Å². The first-order valence-corrected chi connectivity index (χ1v) is 5.11. The van der Waals surface area contributed by atoms with Crippen LogP contribution in [-0.2, 0) is 5.41 Å². The number of aliphatic imine (C=N–C) groups is 1. The van der Waals surface area contributed by atoms with Crippen molar-refractivity contribution in [2.24, 2.45) is 16.5 Å². The van der Waals surface area contributed by atoms with Gasteiger partial charge in [-0.3, -0.25) is 4.99 Å². The van der Waals surface area contributed by atoms with Crippen molar-refractivity contribution in [3.05, 3.63) is 34.9 Å². The van der Waals surface area contributed by atoms with Gasteiger partial charge in [-0.2, -0.15) is 0 Å². The van der Waals surface area contributed by atoms with Crippen LogP contribution in [0.3, 0.4) is 0 Å². The second-order valence-corrected chi connectivity index (χ2v) is 4.57. The fourth-order valence-corrected chi connectivity index (χ4v) is 1.41. The maximum atomic E-state index is 5.82. The van der Waals surface area contributed by atoms with Crippen LogP contribution in [0.2, 0.25) is 5.02 Å². The lowest BCUT2D eigenvalue weighted by Crippen LogP contribution is -2.28. The molecule has 0 fully saturated rings. The summed E-state index contributed by atoms with van der Waals surface area (Å²) < 4.78 is 0. The second-order valence-electron chi connectivity index (χ2n) is 4.13. The number of rotatable bonds is 3. The van der Waals surface area contributed by atoms with Crippen LogP contribution in [0.25, 0.3) is 0 Å².